The lowest BCUT2D eigenvalue weighted by Crippen LogP contribution is -2.28. The maximum Gasteiger partial charge on any atom is 0.336 e. The van der Waals surface area contributed by atoms with Crippen molar-refractivity contribution in [3.8, 4) is 0 Å². The second kappa shape index (κ2) is 5.97. The topological polar surface area (TPSA) is 101 Å². The molecular weight excluding hydrogens is 296 g/mol. The van der Waals surface area contributed by atoms with Gasteiger partial charge < -0.3 is 9.84 Å². The highest BCUT2D eigenvalue weighted by molar-refractivity contribution is 7.85. The summed E-state index contributed by atoms with van der Waals surface area (Å²) in [6, 6.07) is 3.66. The van der Waals surface area contributed by atoms with Crippen molar-refractivity contribution in [1.29, 1.82) is 0 Å². The summed E-state index contributed by atoms with van der Waals surface area (Å²) in [7, 11) is -4.58. The van der Waals surface area contributed by atoms with Crippen molar-refractivity contribution in [3.63, 3.8) is 0 Å². The Kier molecular flexibility index (Phi) is 4.93. The fourth-order valence-corrected chi connectivity index (χ4v) is 2.79. The molecule has 0 aliphatic rings. The number of benzene rings is 1. The van der Waals surface area contributed by atoms with Crippen LogP contribution in [0.25, 0.3) is 0 Å². The van der Waals surface area contributed by atoms with Gasteiger partial charge in [0.2, 0.25) is 0 Å². The molecule has 1 rings (SSSR count). The van der Waals surface area contributed by atoms with E-state index in [1.807, 2.05) is 0 Å². The third-order valence-corrected chi connectivity index (χ3v) is 3.71. The van der Waals surface area contributed by atoms with E-state index in [0.29, 0.717) is 5.57 Å². The molecule has 0 radical (unpaired) electrons. The lowest BCUT2D eigenvalue weighted by atomic mass is 9.92. The van der Waals surface area contributed by atoms with Crippen LogP contribution in [0.2, 0.25) is 0 Å². The predicted octanol–water partition coefficient (Wildman–Crippen LogP) is 2.46. The molecule has 0 fully saturated rings. The van der Waals surface area contributed by atoms with Crippen LogP contribution in [0.5, 0.6) is 0 Å². The van der Waals surface area contributed by atoms with Crippen molar-refractivity contribution < 1.29 is 27.6 Å². The maximum atomic E-state index is 11.5. The molecule has 0 atom stereocenters. The second-order valence-corrected chi connectivity index (χ2v) is 6.60. The zero-order valence-electron chi connectivity index (χ0n) is 12.1. The van der Waals surface area contributed by atoms with Gasteiger partial charge in [-0.15, -0.1) is 0 Å². The molecule has 1 aromatic rings. The molecule has 0 aliphatic carbocycles. The summed E-state index contributed by atoms with van der Waals surface area (Å²) in [5, 5.41) is 9.25. The Balaban J connectivity index is 3.57. The molecule has 0 saturated carbocycles. The van der Waals surface area contributed by atoms with E-state index in [9.17, 15) is 22.9 Å². The van der Waals surface area contributed by atoms with Crippen LogP contribution in [-0.4, -0.2) is 30.7 Å². The van der Waals surface area contributed by atoms with Crippen LogP contribution < -0.4 is 0 Å². The smallest absolute Gasteiger partial charge is 0.336 e. The van der Waals surface area contributed by atoms with Crippen LogP contribution in [0.4, 0.5) is 0 Å². The van der Waals surface area contributed by atoms with E-state index in [-0.39, 0.29) is 17.7 Å². The van der Waals surface area contributed by atoms with Gasteiger partial charge in [-0.2, -0.15) is 8.42 Å². The Hall–Kier alpha value is -1.70. The molecule has 116 valence electrons. The van der Waals surface area contributed by atoms with Crippen LogP contribution in [-0.2, 0) is 20.5 Å². The standard InChI is InChI=1S/C14H18O6S/c1-9(2)8-20-14(3,4)12-10(13(15)16)6-5-7-11(12)21(17,18)19/h5-7H,1,8H2,2-4H3,(H,15,16)(H,17,18,19). The number of hydrogen-bond donors (Lipinski definition) is 2. The zero-order chi connectivity index (χ0) is 16.4. The number of hydrogen-bond acceptors (Lipinski definition) is 4. The van der Waals surface area contributed by atoms with E-state index >= 15 is 0 Å². The Morgan fingerprint density at radius 2 is 1.95 bits per heavy atom. The highest BCUT2D eigenvalue weighted by Gasteiger charge is 2.33. The van der Waals surface area contributed by atoms with Crippen LogP contribution >= 0.6 is 0 Å². The normalized spacial score (nSPS) is 12.2. The van der Waals surface area contributed by atoms with Crippen LogP contribution in [0, 0.1) is 0 Å². The molecule has 0 bridgehead atoms. The average molecular weight is 314 g/mol. The average Bonchev–Trinajstić information content (AvgIpc) is 2.34. The van der Waals surface area contributed by atoms with E-state index in [1.54, 1.807) is 6.92 Å². The van der Waals surface area contributed by atoms with Crippen molar-refractivity contribution in [2.45, 2.75) is 31.3 Å². The quantitative estimate of drug-likeness (QED) is 0.618. The summed E-state index contributed by atoms with van der Waals surface area (Å²) in [5.74, 6) is -1.30. The fourth-order valence-electron chi connectivity index (χ4n) is 1.92. The van der Waals surface area contributed by atoms with Crippen LogP contribution in [0.1, 0.15) is 36.7 Å². The Morgan fingerprint density at radius 3 is 2.38 bits per heavy atom. The predicted molar refractivity (Wildman–Crippen MR) is 77.0 cm³/mol. The molecule has 0 amide bonds. The minimum atomic E-state index is -4.58. The third kappa shape index (κ3) is 4.13. The number of carboxylic acid groups (broad SMARTS) is 1. The van der Waals surface area contributed by atoms with E-state index in [4.69, 9.17) is 4.74 Å². The molecule has 0 unspecified atom stereocenters. The summed E-state index contributed by atoms with van der Waals surface area (Å²) < 4.78 is 37.9. The SMILES string of the molecule is C=C(C)COC(C)(C)c1c(C(=O)O)cccc1S(=O)(=O)O. The molecule has 0 aromatic heterocycles. The van der Waals surface area contributed by atoms with E-state index in [2.05, 4.69) is 6.58 Å². The van der Waals surface area contributed by atoms with Gasteiger partial charge in [-0.05, 0) is 32.9 Å². The van der Waals surface area contributed by atoms with Gasteiger partial charge in [0.1, 0.15) is 4.90 Å². The van der Waals surface area contributed by atoms with Gasteiger partial charge in [-0.25, -0.2) is 4.79 Å². The van der Waals surface area contributed by atoms with Crippen LogP contribution in [0.3, 0.4) is 0 Å². The van der Waals surface area contributed by atoms with Gasteiger partial charge in [0.05, 0.1) is 17.8 Å². The van der Waals surface area contributed by atoms with E-state index in [1.165, 1.54) is 26.0 Å². The number of ether oxygens (including phenoxy) is 1. The van der Waals surface area contributed by atoms with Crippen molar-refractivity contribution in [2.75, 3.05) is 6.61 Å². The van der Waals surface area contributed by atoms with Crippen molar-refractivity contribution in [1.82, 2.24) is 0 Å². The highest BCUT2D eigenvalue weighted by Crippen LogP contribution is 2.34. The molecule has 21 heavy (non-hydrogen) atoms. The molecule has 6 nitrogen and oxygen atoms in total. The molecule has 0 saturated heterocycles. The number of carboxylic acids is 1. The second-order valence-electron chi connectivity index (χ2n) is 5.22. The third-order valence-electron chi connectivity index (χ3n) is 2.82. The summed E-state index contributed by atoms with van der Waals surface area (Å²) >= 11 is 0. The van der Waals surface area contributed by atoms with Gasteiger partial charge in [-0.1, -0.05) is 18.2 Å². The number of aromatic carboxylic acids is 1. The Bertz CT molecular complexity index is 673. The molecule has 7 heteroatoms. The number of carbonyl (C=O) groups is 1. The summed E-state index contributed by atoms with van der Waals surface area (Å²) in [6.07, 6.45) is 0. The number of rotatable bonds is 6. The first-order valence-electron chi connectivity index (χ1n) is 6.09. The Morgan fingerprint density at radius 1 is 1.38 bits per heavy atom. The summed E-state index contributed by atoms with van der Waals surface area (Å²) in [5.41, 5.74) is -0.874. The molecule has 1 aromatic carbocycles. The van der Waals surface area contributed by atoms with E-state index < -0.39 is 26.6 Å². The lowest BCUT2D eigenvalue weighted by Gasteiger charge is -2.29. The fraction of sp³-hybridized carbons (Fsp3) is 0.357. The van der Waals surface area contributed by atoms with Gasteiger partial charge in [0.15, 0.2) is 0 Å². The minimum Gasteiger partial charge on any atom is -0.478 e. The van der Waals surface area contributed by atoms with Crippen LogP contribution in [0.15, 0.2) is 35.2 Å². The lowest BCUT2D eigenvalue weighted by molar-refractivity contribution is -0.0115. The molecule has 2 N–H and O–H groups in total. The van der Waals surface area contributed by atoms with Gasteiger partial charge >= 0.3 is 5.97 Å². The monoisotopic (exact) mass is 314 g/mol. The summed E-state index contributed by atoms with van der Waals surface area (Å²) in [4.78, 5) is 10.9. The largest absolute Gasteiger partial charge is 0.478 e. The zero-order valence-corrected chi connectivity index (χ0v) is 12.9. The molecule has 0 spiro atoms. The first kappa shape index (κ1) is 17.4. The van der Waals surface area contributed by atoms with Gasteiger partial charge in [-0.3, -0.25) is 4.55 Å². The van der Waals surface area contributed by atoms with Gasteiger partial charge in [0, 0.05) is 5.56 Å². The highest BCUT2D eigenvalue weighted by atomic mass is 32.2. The van der Waals surface area contributed by atoms with Crippen molar-refractivity contribution >= 4 is 16.1 Å². The maximum absolute atomic E-state index is 11.5. The molecule has 0 heterocycles. The first-order chi connectivity index (χ1) is 9.47. The van der Waals surface area contributed by atoms with Crippen molar-refractivity contribution in [3.05, 3.63) is 41.5 Å². The van der Waals surface area contributed by atoms with Gasteiger partial charge in [0.25, 0.3) is 10.1 Å². The molecule has 0 aliphatic heterocycles. The van der Waals surface area contributed by atoms with Crippen molar-refractivity contribution in [2.24, 2.45) is 0 Å². The summed E-state index contributed by atoms with van der Waals surface area (Å²) in [6.45, 7) is 8.60. The minimum absolute atomic E-state index is 0.0961. The van der Waals surface area contributed by atoms with E-state index in [0.717, 1.165) is 6.07 Å². The molecular formula is C14H18O6S. The Labute approximate surface area is 123 Å². The first-order valence-corrected chi connectivity index (χ1v) is 7.53.